The van der Waals surface area contributed by atoms with Gasteiger partial charge < -0.3 is 14.2 Å². The lowest BCUT2D eigenvalue weighted by molar-refractivity contribution is -0.0663. The zero-order valence-electron chi connectivity index (χ0n) is 10.7. The third-order valence-electron chi connectivity index (χ3n) is 2.47. The molecule has 0 radical (unpaired) electrons. The van der Waals surface area contributed by atoms with Gasteiger partial charge in [-0.2, -0.15) is 0 Å². The first-order chi connectivity index (χ1) is 8.43. The minimum Gasteiger partial charge on any atom is -0.382 e. The van der Waals surface area contributed by atoms with Crippen LogP contribution in [0.4, 0.5) is 0 Å². The maximum atomic E-state index is 5.38. The van der Waals surface area contributed by atoms with E-state index < -0.39 is 0 Å². The van der Waals surface area contributed by atoms with E-state index >= 15 is 0 Å². The molecule has 0 N–H and O–H groups in total. The van der Waals surface area contributed by atoms with Gasteiger partial charge in [0.2, 0.25) is 0 Å². The molecule has 1 fully saturated rings. The molecule has 1 saturated heterocycles. The third kappa shape index (κ3) is 9.19. The summed E-state index contributed by atoms with van der Waals surface area (Å²) in [5.74, 6) is 2.70. The lowest BCUT2D eigenvalue weighted by atomic mass is 10.3. The van der Waals surface area contributed by atoms with Crippen LogP contribution in [0.5, 0.6) is 0 Å². The van der Waals surface area contributed by atoms with E-state index in [0.29, 0.717) is 20.0 Å². The molecular weight excluding hydrogens is 256 g/mol. The second-order valence-corrected chi connectivity index (χ2v) is 6.87. The summed E-state index contributed by atoms with van der Waals surface area (Å²) in [5, 5.41) is 0. The van der Waals surface area contributed by atoms with Gasteiger partial charge in [-0.1, -0.05) is 0 Å². The van der Waals surface area contributed by atoms with Crippen LogP contribution in [0.15, 0.2) is 0 Å². The summed E-state index contributed by atoms with van der Waals surface area (Å²) < 4.78 is 16.3. The first-order valence-corrected chi connectivity index (χ1v) is 8.41. The third-order valence-corrected chi connectivity index (χ3v) is 5.55. The van der Waals surface area contributed by atoms with Crippen molar-refractivity contribution in [2.45, 2.75) is 30.3 Å². The topological polar surface area (TPSA) is 27.7 Å². The highest BCUT2D eigenvalue weighted by molar-refractivity contribution is 8.17. The molecule has 1 aliphatic rings. The van der Waals surface area contributed by atoms with Crippen LogP contribution in [-0.4, -0.2) is 49.8 Å². The van der Waals surface area contributed by atoms with Gasteiger partial charge in [-0.25, -0.2) is 0 Å². The lowest BCUT2D eigenvalue weighted by Crippen LogP contribution is -2.08. The van der Waals surface area contributed by atoms with Crippen LogP contribution in [0.25, 0.3) is 0 Å². The number of methoxy groups -OCH3 is 1. The molecular formula is C12H24O3S2. The number of unbranched alkanes of at least 4 members (excludes halogenated alkanes) is 1. The van der Waals surface area contributed by atoms with E-state index in [1.165, 1.54) is 30.8 Å². The predicted octanol–water partition coefficient (Wildman–Crippen LogP) is 2.99. The largest absolute Gasteiger partial charge is 0.382 e. The molecule has 0 aromatic rings. The van der Waals surface area contributed by atoms with Gasteiger partial charge in [0.25, 0.3) is 0 Å². The Morgan fingerprint density at radius 2 is 1.76 bits per heavy atom. The normalized spacial score (nSPS) is 17.5. The number of thioether (sulfide) groups is 2. The van der Waals surface area contributed by atoms with Crippen molar-refractivity contribution in [3.63, 3.8) is 0 Å². The summed E-state index contributed by atoms with van der Waals surface area (Å²) in [6.07, 6.45) is 5.12. The highest BCUT2D eigenvalue weighted by Crippen LogP contribution is 2.33. The molecule has 0 unspecified atom stereocenters. The molecule has 17 heavy (non-hydrogen) atoms. The summed E-state index contributed by atoms with van der Waals surface area (Å²) >= 11 is 4.25. The van der Waals surface area contributed by atoms with E-state index in [2.05, 4.69) is 23.5 Å². The van der Waals surface area contributed by atoms with E-state index in [-0.39, 0.29) is 0 Å². The molecule has 1 rings (SSSR count). The monoisotopic (exact) mass is 280 g/mol. The van der Waals surface area contributed by atoms with Crippen LogP contribution in [0, 0.1) is 0 Å². The molecule has 0 aromatic carbocycles. The van der Waals surface area contributed by atoms with Gasteiger partial charge >= 0.3 is 0 Å². The Morgan fingerprint density at radius 1 is 1.00 bits per heavy atom. The molecule has 0 atom stereocenters. The first kappa shape index (κ1) is 15.6. The summed E-state index contributed by atoms with van der Waals surface area (Å²) in [5.41, 5.74) is 0. The summed E-state index contributed by atoms with van der Waals surface area (Å²) in [4.78, 5) is 0. The number of ether oxygens (including phenoxy) is 3. The Kier molecular flexibility index (Phi) is 10.7. The van der Waals surface area contributed by atoms with Gasteiger partial charge in [-0.3, -0.25) is 0 Å². The molecule has 3 nitrogen and oxygen atoms in total. The Balaban J connectivity index is 1.75. The van der Waals surface area contributed by atoms with Crippen molar-refractivity contribution in [3.8, 4) is 0 Å². The van der Waals surface area contributed by atoms with E-state index in [0.717, 1.165) is 17.6 Å². The molecule has 0 saturated carbocycles. The predicted molar refractivity (Wildman–Crippen MR) is 75.8 cm³/mol. The van der Waals surface area contributed by atoms with Crippen molar-refractivity contribution in [1.82, 2.24) is 0 Å². The molecule has 0 aliphatic carbocycles. The standard InChI is InChI=1S/C12H24O3S2/c1-13-7-8-15-11-14-6-3-2-5-12-16-9-4-10-17-12/h12H,2-11H2,1H3. The van der Waals surface area contributed by atoms with E-state index in [1.54, 1.807) is 7.11 Å². The highest BCUT2D eigenvalue weighted by atomic mass is 32.2. The van der Waals surface area contributed by atoms with Crippen molar-refractivity contribution < 1.29 is 14.2 Å². The second-order valence-electron chi connectivity index (χ2n) is 3.95. The van der Waals surface area contributed by atoms with Gasteiger partial charge in [0.15, 0.2) is 0 Å². The van der Waals surface area contributed by atoms with Crippen LogP contribution in [0.2, 0.25) is 0 Å². The molecule has 0 aromatic heterocycles. The fourth-order valence-electron chi connectivity index (χ4n) is 1.54. The summed E-state index contributed by atoms with van der Waals surface area (Å²) in [7, 11) is 1.67. The minimum atomic E-state index is 0.399. The molecule has 0 spiro atoms. The average molecular weight is 280 g/mol. The first-order valence-electron chi connectivity index (χ1n) is 6.31. The number of hydrogen-bond donors (Lipinski definition) is 0. The fraction of sp³-hybridized carbons (Fsp3) is 1.00. The van der Waals surface area contributed by atoms with Gasteiger partial charge in [-0.05, 0) is 37.2 Å². The Bertz CT molecular complexity index is 164. The molecule has 1 heterocycles. The molecule has 1 aliphatic heterocycles. The zero-order valence-corrected chi connectivity index (χ0v) is 12.3. The Morgan fingerprint density at radius 3 is 2.53 bits per heavy atom. The maximum Gasteiger partial charge on any atom is 0.146 e. The summed E-state index contributed by atoms with van der Waals surface area (Å²) in [6.45, 7) is 2.47. The van der Waals surface area contributed by atoms with Gasteiger partial charge in [0.1, 0.15) is 6.79 Å². The van der Waals surface area contributed by atoms with Crippen molar-refractivity contribution in [3.05, 3.63) is 0 Å². The van der Waals surface area contributed by atoms with Crippen LogP contribution in [0.1, 0.15) is 25.7 Å². The highest BCUT2D eigenvalue weighted by Gasteiger charge is 2.13. The van der Waals surface area contributed by atoms with Crippen molar-refractivity contribution >= 4 is 23.5 Å². The van der Waals surface area contributed by atoms with E-state index in [1.807, 2.05) is 0 Å². The van der Waals surface area contributed by atoms with Crippen LogP contribution in [-0.2, 0) is 14.2 Å². The number of rotatable bonds is 10. The Hall–Kier alpha value is 0.580. The van der Waals surface area contributed by atoms with Gasteiger partial charge in [0, 0.05) is 13.7 Å². The average Bonchev–Trinajstić information content (AvgIpc) is 2.38. The van der Waals surface area contributed by atoms with Gasteiger partial charge in [0.05, 0.1) is 17.8 Å². The fourth-order valence-corrected chi connectivity index (χ4v) is 4.50. The minimum absolute atomic E-state index is 0.399. The zero-order chi connectivity index (χ0) is 12.2. The Labute approximate surface area is 113 Å². The van der Waals surface area contributed by atoms with Crippen LogP contribution < -0.4 is 0 Å². The van der Waals surface area contributed by atoms with Gasteiger partial charge in [-0.15, -0.1) is 23.5 Å². The molecule has 5 heteroatoms. The maximum absolute atomic E-state index is 5.38. The lowest BCUT2D eigenvalue weighted by Gasteiger charge is -2.20. The molecule has 0 bridgehead atoms. The van der Waals surface area contributed by atoms with Crippen LogP contribution in [0.3, 0.4) is 0 Å². The molecule has 0 amide bonds. The second kappa shape index (κ2) is 11.7. The van der Waals surface area contributed by atoms with Crippen LogP contribution >= 0.6 is 23.5 Å². The van der Waals surface area contributed by atoms with Crippen molar-refractivity contribution in [1.29, 1.82) is 0 Å². The SMILES string of the molecule is COCCOCOCCCCC1SCCCS1. The quantitative estimate of drug-likeness (QED) is 0.453. The van der Waals surface area contributed by atoms with E-state index in [4.69, 9.17) is 14.2 Å². The summed E-state index contributed by atoms with van der Waals surface area (Å²) in [6, 6.07) is 0. The molecule has 102 valence electrons. The van der Waals surface area contributed by atoms with Crippen molar-refractivity contribution in [2.75, 3.05) is 45.2 Å². The van der Waals surface area contributed by atoms with Crippen molar-refractivity contribution in [2.24, 2.45) is 0 Å². The smallest absolute Gasteiger partial charge is 0.146 e. The number of hydrogen-bond acceptors (Lipinski definition) is 5. The van der Waals surface area contributed by atoms with E-state index in [9.17, 15) is 0 Å².